The molecule has 0 spiro atoms. The number of rotatable bonds is 3. The van der Waals surface area contributed by atoms with Crippen molar-refractivity contribution >= 4 is 23.2 Å². The number of carbonyl (C=O) groups excluding carboxylic acids is 2. The number of nitrogens with one attached hydrogen (secondary N) is 1. The van der Waals surface area contributed by atoms with Crippen molar-refractivity contribution in [1.82, 2.24) is 10.3 Å². The van der Waals surface area contributed by atoms with E-state index in [0.717, 1.165) is 16.7 Å². The van der Waals surface area contributed by atoms with Gasteiger partial charge in [0.25, 0.3) is 11.8 Å². The fraction of sp³-hybridized carbons (Fsp3) is 0.167. The predicted octanol–water partition coefficient (Wildman–Crippen LogP) is 2.38. The first-order valence-corrected chi connectivity index (χ1v) is 10.0. The van der Waals surface area contributed by atoms with Crippen LogP contribution < -0.4 is 10.2 Å². The van der Waals surface area contributed by atoms with Crippen LogP contribution in [0.1, 0.15) is 38.7 Å². The van der Waals surface area contributed by atoms with Crippen LogP contribution in [0.3, 0.4) is 0 Å². The standard InChI is InChI=1S/C24H20N4O3/c1-14-11-17-19(29)13-28-21(17)18(12-14)20(15-5-3-2-4-6-15)26-22(24(28)31)27-23(30)16-7-9-25-10-8-16/h2-12,19,22,29H,13H2,1H3,(H,27,30)/t19-,22?/m0/s1. The van der Waals surface area contributed by atoms with E-state index in [0.29, 0.717) is 22.5 Å². The number of benzene rings is 2. The van der Waals surface area contributed by atoms with Crippen molar-refractivity contribution in [2.24, 2.45) is 4.99 Å². The number of aliphatic imine (C=N–C) groups is 1. The van der Waals surface area contributed by atoms with Crippen LogP contribution in [0.25, 0.3) is 0 Å². The van der Waals surface area contributed by atoms with Gasteiger partial charge in [-0.2, -0.15) is 0 Å². The first-order valence-electron chi connectivity index (χ1n) is 10.0. The van der Waals surface area contributed by atoms with Crippen LogP contribution in [0.15, 0.2) is 72.0 Å². The Kier molecular flexibility index (Phi) is 4.60. The lowest BCUT2D eigenvalue weighted by Crippen LogP contribution is -2.47. The monoisotopic (exact) mass is 412 g/mol. The fourth-order valence-corrected chi connectivity index (χ4v) is 4.14. The molecule has 0 fully saturated rings. The van der Waals surface area contributed by atoms with Crippen molar-refractivity contribution < 1.29 is 14.7 Å². The minimum atomic E-state index is -1.12. The van der Waals surface area contributed by atoms with Crippen molar-refractivity contribution in [2.45, 2.75) is 19.2 Å². The molecular weight excluding hydrogens is 392 g/mol. The lowest BCUT2D eigenvalue weighted by molar-refractivity contribution is -0.120. The molecule has 0 bridgehead atoms. The second-order valence-electron chi connectivity index (χ2n) is 7.67. The third kappa shape index (κ3) is 3.29. The number of amides is 2. The molecule has 2 aliphatic rings. The van der Waals surface area contributed by atoms with Crippen LogP contribution in [0.2, 0.25) is 0 Å². The van der Waals surface area contributed by atoms with Gasteiger partial charge < -0.3 is 15.3 Å². The van der Waals surface area contributed by atoms with Crippen molar-refractivity contribution in [2.75, 3.05) is 11.4 Å². The molecule has 2 aromatic carbocycles. The topological polar surface area (TPSA) is 94.9 Å². The lowest BCUT2D eigenvalue weighted by atomic mass is 9.95. The minimum Gasteiger partial charge on any atom is -0.386 e. The zero-order valence-corrected chi connectivity index (χ0v) is 16.8. The summed E-state index contributed by atoms with van der Waals surface area (Å²) in [7, 11) is 0. The minimum absolute atomic E-state index is 0.129. The summed E-state index contributed by atoms with van der Waals surface area (Å²) in [4.78, 5) is 36.4. The highest BCUT2D eigenvalue weighted by Crippen LogP contribution is 2.41. The van der Waals surface area contributed by atoms with Gasteiger partial charge in [-0.1, -0.05) is 36.4 Å². The predicted molar refractivity (Wildman–Crippen MR) is 116 cm³/mol. The van der Waals surface area contributed by atoms with Gasteiger partial charge in [-0.05, 0) is 30.7 Å². The number of aryl methyl sites for hydroxylation is 1. The van der Waals surface area contributed by atoms with Crippen LogP contribution in [-0.2, 0) is 4.79 Å². The first kappa shape index (κ1) is 19.1. The highest BCUT2D eigenvalue weighted by atomic mass is 16.3. The van der Waals surface area contributed by atoms with Crippen LogP contribution in [0, 0.1) is 6.92 Å². The molecule has 7 heteroatoms. The Labute approximate surface area is 179 Å². The van der Waals surface area contributed by atoms with Crippen LogP contribution in [0.4, 0.5) is 5.69 Å². The van der Waals surface area contributed by atoms with Crippen LogP contribution >= 0.6 is 0 Å². The molecule has 2 aliphatic heterocycles. The molecule has 1 unspecified atom stereocenters. The number of aliphatic hydroxyl groups is 1. The molecule has 0 saturated carbocycles. The Morgan fingerprint density at radius 2 is 1.87 bits per heavy atom. The molecule has 31 heavy (non-hydrogen) atoms. The van der Waals surface area contributed by atoms with E-state index in [1.807, 2.05) is 49.4 Å². The average Bonchev–Trinajstić information content (AvgIpc) is 3.07. The van der Waals surface area contributed by atoms with E-state index in [2.05, 4.69) is 10.3 Å². The Hall–Kier alpha value is -3.84. The van der Waals surface area contributed by atoms with Crippen molar-refractivity contribution in [3.63, 3.8) is 0 Å². The quantitative estimate of drug-likeness (QED) is 0.691. The summed E-state index contributed by atoms with van der Waals surface area (Å²) in [6, 6.07) is 16.6. The first-order chi connectivity index (χ1) is 15.0. The highest BCUT2D eigenvalue weighted by molar-refractivity contribution is 6.21. The molecule has 2 atom stereocenters. The van der Waals surface area contributed by atoms with E-state index >= 15 is 0 Å². The number of hydrogen-bond acceptors (Lipinski definition) is 5. The summed E-state index contributed by atoms with van der Waals surface area (Å²) in [5.41, 5.74) is 4.91. The van der Waals surface area contributed by atoms with Gasteiger partial charge in [0, 0.05) is 34.6 Å². The van der Waals surface area contributed by atoms with Crippen LogP contribution in [-0.4, -0.2) is 40.3 Å². The zero-order valence-electron chi connectivity index (χ0n) is 16.8. The molecule has 5 rings (SSSR count). The van der Waals surface area contributed by atoms with E-state index in [9.17, 15) is 14.7 Å². The second kappa shape index (κ2) is 7.45. The number of aromatic nitrogens is 1. The maximum absolute atomic E-state index is 13.4. The van der Waals surface area contributed by atoms with E-state index in [4.69, 9.17) is 4.99 Å². The maximum atomic E-state index is 13.4. The van der Waals surface area contributed by atoms with Gasteiger partial charge in [-0.25, -0.2) is 4.99 Å². The van der Waals surface area contributed by atoms with Gasteiger partial charge in [0.2, 0.25) is 6.17 Å². The van der Waals surface area contributed by atoms with Gasteiger partial charge >= 0.3 is 0 Å². The normalized spacial score (nSPS) is 19.5. The maximum Gasteiger partial charge on any atom is 0.272 e. The molecular formula is C24H20N4O3. The van der Waals surface area contributed by atoms with Crippen molar-refractivity contribution in [3.05, 3.63) is 94.8 Å². The largest absolute Gasteiger partial charge is 0.386 e. The van der Waals surface area contributed by atoms with E-state index < -0.39 is 18.2 Å². The Morgan fingerprint density at radius 3 is 2.61 bits per heavy atom. The van der Waals surface area contributed by atoms with Gasteiger partial charge in [0.05, 0.1) is 24.0 Å². The number of hydrogen-bond donors (Lipinski definition) is 2. The molecule has 2 N–H and O–H groups in total. The molecule has 3 aromatic rings. The number of pyridine rings is 1. The summed E-state index contributed by atoms with van der Waals surface area (Å²) < 4.78 is 0. The third-order valence-electron chi connectivity index (χ3n) is 5.54. The number of nitrogens with zero attached hydrogens (tertiary/aromatic N) is 3. The summed E-state index contributed by atoms with van der Waals surface area (Å²) in [5.74, 6) is -0.796. The van der Waals surface area contributed by atoms with E-state index in [1.165, 1.54) is 17.3 Å². The second-order valence-corrected chi connectivity index (χ2v) is 7.67. The Morgan fingerprint density at radius 1 is 1.13 bits per heavy atom. The molecule has 1 aromatic heterocycles. The smallest absolute Gasteiger partial charge is 0.272 e. The zero-order chi connectivity index (χ0) is 21.5. The molecule has 7 nitrogen and oxygen atoms in total. The molecule has 154 valence electrons. The van der Waals surface area contributed by atoms with Gasteiger partial charge in [-0.15, -0.1) is 0 Å². The number of aliphatic hydroxyl groups excluding tert-OH is 1. The third-order valence-corrected chi connectivity index (χ3v) is 5.54. The Bertz CT molecular complexity index is 1210. The molecule has 2 amide bonds. The van der Waals surface area contributed by atoms with E-state index in [1.54, 1.807) is 12.1 Å². The molecule has 0 aliphatic carbocycles. The Balaban J connectivity index is 1.66. The van der Waals surface area contributed by atoms with Crippen molar-refractivity contribution in [1.29, 1.82) is 0 Å². The molecule has 0 saturated heterocycles. The summed E-state index contributed by atoms with van der Waals surface area (Å²) >= 11 is 0. The number of anilines is 1. The lowest BCUT2D eigenvalue weighted by Gasteiger charge is -2.21. The van der Waals surface area contributed by atoms with Gasteiger partial charge in [-0.3, -0.25) is 14.6 Å². The summed E-state index contributed by atoms with van der Waals surface area (Å²) in [6.45, 7) is 2.08. The fourth-order valence-electron chi connectivity index (χ4n) is 4.14. The molecule has 0 radical (unpaired) electrons. The van der Waals surface area contributed by atoms with Gasteiger partial charge in [0.1, 0.15) is 0 Å². The summed E-state index contributed by atoms with van der Waals surface area (Å²) in [5, 5.41) is 13.4. The van der Waals surface area contributed by atoms with Gasteiger partial charge in [0.15, 0.2) is 0 Å². The average molecular weight is 412 g/mol. The SMILES string of the molecule is Cc1cc2c3c(c1)[C@@H](O)CN3C(=O)C(NC(=O)c1ccncc1)N=C2c1ccccc1. The summed E-state index contributed by atoms with van der Waals surface area (Å²) in [6.07, 6.45) is 1.13. The van der Waals surface area contributed by atoms with Crippen molar-refractivity contribution in [3.8, 4) is 0 Å². The molecule has 3 heterocycles. The number of carbonyl (C=O) groups is 2. The van der Waals surface area contributed by atoms with E-state index in [-0.39, 0.29) is 12.5 Å². The highest BCUT2D eigenvalue weighted by Gasteiger charge is 2.40. The van der Waals surface area contributed by atoms with Crippen LogP contribution in [0.5, 0.6) is 0 Å².